The molecule has 0 aliphatic rings. The first-order chi connectivity index (χ1) is 10.7. The third-order valence-electron chi connectivity index (χ3n) is 3.63. The van der Waals surface area contributed by atoms with E-state index in [4.69, 9.17) is 13.3 Å². The highest BCUT2D eigenvalue weighted by molar-refractivity contribution is 6.60. The van der Waals surface area contributed by atoms with Crippen LogP contribution in [0.5, 0.6) is 0 Å². The molecule has 0 heterocycles. The molecule has 0 bridgehead atoms. The third kappa shape index (κ3) is 7.00. The molecule has 0 radical (unpaired) electrons. The molecule has 22 heavy (non-hydrogen) atoms. The molecule has 0 amide bonds. The second kappa shape index (κ2) is 10.9. The van der Waals surface area contributed by atoms with Crippen molar-refractivity contribution >= 4 is 8.80 Å². The van der Waals surface area contributed by atoms with E-state index in [9.17, 15) is 4.39 Å². The molecule has 0 N–H and O–H groups in total. The molecule has 126 valence electrons. The van der Waals surface area contributed by atoms with Crippen LogP contribution in [0.1, 0.15) is 45.1 Å². The van der Waals surface area contributed by atoms with Gasteiger partial charge in [-0.25, -0.2) is 4.39 Å². The Morgan fingerprint density at radius 3 is 2.27 bits per heavy atom. The maximum atomic E-state index is 13.1. The molecule has 3 nitrogen and oxygen atoms in total. The second-order valence-electron chi connectivity index (χ2n) is 5.30. The normalized spacial score (nSPS) is 11.8. The predicted octanol–water partition coefficient (Wildman–Crippen LogP) is 4.59. The maximum absolute atomic E-state index is 13.1. The van der Waals surface area contributed by atoms with Crippen molar-refractivity contribution in [3.8, 4) is 0 Å². The highest BCUT2D eigenvalue weighted by Gasteiger charge is 2.38. The van der Waals surface area contributed by atoms with Crippen LogP contribution in [0.15, 0.2) is 24.3 Å². The monoisotopic (exact) mass is 328 g/mol. The Morgan fingerprint density at radius 1 is 1.00 bits per heavy atom. The summed E-state index contributed by atoms with van der Waals surface area (Å²) in [5.74, 6) is -0.151. The van der Waals surface area contributed by atoms with Crippen LogP contribution in [0, 0.1) is 5.82 Å². The van der Waals surface area contributed by atoms with E-state index in [1.54, 1.807) is 19.2 Å². The lowest BCUT2D eigenvalue weighted by molar-refractivity contribution is 0.0859. The molecule has 1 aromatic carbocycles. The lowest BCUT2D eigenvalue weighted by Crippen LogP contribution is -2.44. The van der Waals surface area contributed by atoms with Crippen LogP contribution in [0.25, 0.3) is 0 Å². The molecule has 1 aromatic rings. The number of rotatable bonds is 12. The fourth-order valence-electron chi connectivity index (χ4n) is 2.56. The molecule has 0 fully saturated rings. The summed E-state index contributed by atoms with van der Waals surface area (Å²) in [6.45, 7) is 5.19. The first-order valence-electron chi connectivity index (χ1n) is 8.23. The van der Waals surface area contributed by atoms with Gasteiger partial charge in [0.05, 0.1) is 0 Å². The minimum Gasteiger partial charge on any atom is -0.377 e. The molecule has 1 rings (SSSR count). The highest BCUT2D eigenvalue weighted by atomic mass is 28.4. The quantitative estimate of drug-likeness (QED) is 0.415. The van der Waals surface area contributed by atoms with Crippen molar-refractivity contribution in [1.82, 2.24) is 0 Å². The molecule has 0 aromatic heterocycles. The van der Waals surface area contributed by atoms with E-state index < -0.39 is 8.80 Å². The lowest BCUT2D eigenvalue weighted by atomic mass is 10.1. The van der Waals surface area contributed by atoms with Gasteiger partial charge in [-0.15, -0.1) is 0 Å². The van der Waals surface area contributed by atoms with Crippen molar-refractivity contribution in [3.63, 3.8) is 0 Å². The van der Waals surface area contributed by atoms with Gasteiger partial charge in [-0.05, 0) is 50.8 Å². The van der Waals surface area contributed by atoms with Crippen molar-refractivity contribution in [2.75, 3.05) is 20.3 Å². The number of hydrogen-bond acceptors (Lipinski definition) is 3. The number of aryl methyl sites for hydroxylation is 1. The number of unbranched alkanes of at least 4 members (excludes halogenated alkanes) is 3. The van der Waals surface area contributed by atoms with Crippen LogP contribution in [-0.4, -0.2) is 29.1 Å². The van der Waals surface area contributed by atoms with Gasteiger partial charge in [-0.3, -0.25) is 0 Å². The van der Waals surface area contributed by atoms with Gasteiger partial charge in [0.15, 0.2) is 0 Å². The molecular formula is C17H29FO3Si. The number of hydrogen-bond donors (Lipinski definition) is 0. The SMILES string of the molecule is CCO[Si](CCCCCCc1cccc(F)c1)(OC)OCC. The van der Waals surface area contributed by atoms with Crippen molar-refractivity contribution in [2.24, 2.45) is 0 Å². The van der Waals surface area contributed by atoms with E-state index in [1.807, 2.05) is 19.9 Å². The van der Waals surface area contributed by atoms with Crippen LogP contribution < -0.4 is 0 Å². The maximum Gasteiger partial charge on any atom is 0.500 e. The topological polar surface area (TPSA) is 27.7 Å². The zero-order chi connectivity index (χ0) is 16.3. The van der Waals surface area contributed by atoms with E-state index in [0.29, 0.717) is 13.2 Å². The molecule has 5 heteroatoms. The summed E-state index contributed by atoms with van der Waals surface area (Å²) in [6.07, 6.45) is 5.30. The third-order valence-corrected chi connectivity index (χ3v) is 6.67. The standard InChI is InChI=1S/C17H29FO3Si/c1-4-20-22(19-3,21-5-2)14-9-7-6-8-11-16-12-10-13-17(18)15-16/h10,12-13,15H,4-9,11,14H2,1-3H3. The van der Waals surface area contributed by atoms with E-state index in [0.717, 1.165) is 43.7 Å². The Morgan fingerprint density at radius 2 is 1.68 bits per heavy atom. The summed E-state index contributed by atoms with van der Waals surface area (Å²) in [7, 11) is -0.769. The van der Waals surface area contributed by atoms with Crippen LogP contribution in [0.2, 0.25) is 6.04 Å². The number of halogens is 1. The van der Waals surface area contributed by atoms with Crippen LogP contribution in [-0.2, 0) is 19.7 Å². The summed E-state index contributed by atoms with van der Waals surface area (Å²) < 4.78 is 30.2. The zero-order valence-corrected chi connectivity index (χ0v) is 15.1. The summed E-state index contributed by atoms with van der Waals surface area (Å²) in [5.41, 5.74) is 1.07. The summed E-state index contributed by atoms with van der Waals surface area (Å²) >= 11 is 0. The van der Waals surface area contributed by atoms with Crippen molar-refractivity contribution in [1.29, 1.82) is 0 Å². The Labute approximate surface area is 135 Å². The van der Waals surface area contributed by atoms with Gasteiger partial charge in [-0.2, -0.15) is 0 Å². The largest absolute Gasteiger partial charge is 0.500 e. The Balaban J connectivity index is 2.23. The van der Waals surface area contributed by atoms with Crippen LogP contribution in [0.3, 0.4) is 0 Å². The van der Waals surface area contributed by atoms with E-state index in [-0.39, 0.29) is 5.82 Å². The van der Waals surface area contributed by atoms with Crippen molar-refractivity contribution < 1.29 is 17.7 Å². The zero-order valence-electron chi connectivity index (χ0n) is 14.1. The van der Waals surface area contributed by atoms with Gasteiger partial charge < -0.3 is 13.3 Å². The summed E-state index contributed by atoms with van der Waals surface area (Å²) in [6, 6.07) is 7.72. The molecule has 0 unspecified atom stereocenters. The highest BCUT2D eigenvalue weighted by Crippen LogP contribution is 2.20. The van der Waals surface area contributed by atoms with E-state index in [2.05, 4.69) is 0 Å². The Hall–Kier alpha value is -0.753. The molecule has 0 spiro atoms. The van der Waals surface area contributed by atoms with Gasteiger partial charge in [0, 0.05) is 26.4 Å². The molecular weight excluding hydrogens is 299 g/mol. The van der Waals surface area contributed by atoms with Gasteiger partial charge in [0.1, 0.15) is 5.82 Å². The first-order valence-corrected chi connectivity index (χ1v) is 10.2. The van der Waals surface area contributed by atoms with Crippen molar-refractivity contribution in [3.05, 3.63) is 35.6 Å². The number of benzene rings is 1. The second-order valence-corrected chi connectivity index (χ2v) is 8.15. The van der Waals surface area contributed by atoms with Gasteiger partial charge >= 0.3 is 8.80 Å². The van der Waals surface area contributed by atoms with Gasteiger partial charge in [0.25, 0.3) is 0 Å². The van der Waals surface area contributed by atoms with Gasteiger partial charge in [-0.1, -0.05) is 25.0 Å². The summed E-state index contributed by atoms with van der Waals surface area (Å²) in [5, 5.41) is 0. The molecule has 0 aliphatic carbocycles. The van der Waals surface area contributed by atoms with E-state index >= 15 is 0 Å². The molecule has 0 saturated carbocycles. The minimum absolute atomic E-state index is 0.151. The fraction of sp³-hybridized carbons (Fsp3) is 0.647. The van der Waals surface area contributed by atoms with Gasteiger partial charge in [0.2, 0.25) is 0 Å². The van der Waals surface area contributed by atoms with Crippen LogP contribution >= 0.6 is 0 Å². The molecule has 0 saturated heterocycles. The minimum atomic E-state index is -2.45. The van der Waals surface area contributed by atoms with Crippen molar-refractivity contribution in [2.45, 2.75) is 52.0 Å². The average molecular weight is 329 g/mol. The Kier molecular flexibility index (Phi) is 9.55. The predicted molar refractivity (Wildman–Crippen MR) is 89.4 cm³/mol. The average Bonchev–Trinajstić information content (AvgIpc) is 2.51. The molecule has 0 aliphatic heterocycles. The molecule has 0 atom stereocenters. The Bertz CT molecular complexity index is 409. The summed E-state index contributed by atoms with van der Waals surface area (Å²) in [4.78, 5) is 0. The smallest absolute Gasteiger partial charge is 0.377 e. The lowest BCUT2D eigenvalue weighted by Gasteiger charge is -2.27. The first kappa shape index (κ1) is 19.3. The van der Waals surface area contributed by atoms with E-state index in [1.165, 1.54) is 6.07 Å². The fourth-order valence-corrected chi connectivity index (χ4v) is 4.94. The van der Waals surface area contributed by atoms with Crippen LogP contribution in [0.4, 0.5) is 4.39 Å².